The van der Waals surface area contributed by atoms with E-state index < -0.39 is 5.60 Å². The van der Waals surface area contributed by atoms with E-state index in [1.807, 2.05) is 0 Å². The Bertz CT molecular complexity index is 437. The maximum Gasteiger partial charge on any atom is 0.125 e. The van der Waals surface area contributed by atoms with Crippen LogP contribution in [0.4, 0.5) is 0 Å². The number of hydrogen-bond acceptors (Lipinski definition) is 2. The third-order valence-corrected chi connectivity index (χ3v) is 4.23. The van der Waals surface area contributed by atoms with Gasteiger partial charge in [-0.1, -0.05) is 42.6 Å². The highest BCUT2D eigenvalue weighted by Gasteiger charge is 2.28. The molecule has 1 heterocycles. The molecule has 0 fully saturated rings. The van der Waals surface area contributed by atoms with Gasteiger partial charge in [-0.15, -0.1) is 0 Å². The van der Waals surface area contributed by atoms with Crippen molar-refractivity contribution in [2.75, 3.05) is 6.61 Å². The minimum Gasteiger partial charge on any atom is -0.493 e. The third-order valence-electron chi connectivity index (χ3n) is 3.78. The molecule has 1 aromatic rings. The first-order chi connectivity index (χ1) is 9.08. The Hall–Kier alpha value is -0.540. The Morgan fingerprint density at radius 2 is 1.95 bits per heavy atom. The predicted octanol–water partition coefficient (Wildman–Crippen LogP) is 4.26. The Morgan fingerprint density at radius 3 is 2.58 bits per heavy atom. The Balaban J connectivity index is 2.26. The summed E-state index contributed by atoms with van der Waals surface area (Å²) < 4.78 is 6.84. The van der Waals surface area contributed by atoms with E-state index >= 15 is 0 Å². The fourth-order valence-electron chi connectivity index (χ4n) is 3.06. The first-order valence-corrected chi connectivity index (χ1v) is 8.04. The van der Waals surface area contributed by atoms with Crippen LogP contribution in [0.5, 0.6) is 5.75 Å². The first-order valence-electron chi connectivity index (χ1n) is 7.24. The van der Waals surface area contributed by atoms with E-state index in [9.17, 15) is 5.11 Å². The van der Waals surface area contributed by atoms with Crippen molar-refractivity contribution in [1.29, 1.82) is 0 Å². The molecule has 0 unspecified atom stereocenters. The zero-order chi connectivity index (χ0) is 13.9. The molecule has 19 heavy (non-hydrogen) atoms. The van der Waals surface area contributed by atoms with Gasteiger partial charge in [-0.05, 0) is 36.1 Å². The monoisotopic (exact) mass is 326 g/mol. The van der Waals surface area contributed by atoms with Crippen LogP contribution < -0.4 is 4.74 Å². The molecule has 2 rings (SSSR count). The number of benzene rings is 1. The normalized spacial score (nSPS) is 14.3. The molecule has 106 valence electrons. The van der Waals surface area contributed by atoms with Crippen molar-refractivity contribution in [3.8, 4) is 5.75 Å². The number of aliphatic hydroxyl groups is 1. The van der Waals surface area contributed by atoms with Gasteiger partial charge in [-0.2, -0.15) is 0 Å². The second-order valence-electron chi connectivity index (χ2n) is 5.55. The summed E-state index contributed by atoms with van der Waals surface area (Å²) in [4.78, 5) is 0. The van der Waals surface area contributed by atoms with E-state index in [1.165, 1.54) is 5.56 Å². The smallest absolute Gasteiger partial charge is 0.125 e. The van der Waals surface area contributed by atoms with Crippen molar-refractivity contribution in [3.05, 3.63) is 27.7 Å². The molecule has 1 aliphatic rings. The zero-order valence-electron chi connectivity index (χ0n) is 11.8. The Labute approximate surface area is 124 Å². The Morgan fingerprint density at radius 1 is 1.26 bits per heavy atom. The minimum absolute atomic E-state index is 0.593. The highest BCUT2D eigenvalue weighted by Crippen LogP contribution is 2.36. The third kappa shape index (κ3) is 3.51. The van der Waals surface area contributed by atoms with Crippen LogP contribution >= 0.6 is 15.9 Å². The van der Waals surface area contributed by atoms with E-state index in [4.69, 9.17) is 4.74 Å². The zero-order valence-corrected chi connectivity index (χ0v) is 13.4. The molecule has 2 nitrogen and oxygen atoms in total. The van der Waals surface area contributed by atoms with Gasteiger partial charge >= 0.3 is 0 Å². The molecule has 3 heteroatoms. The fourth-order valence-corrected chi connectivity index (χ4v) is 3.62. The van der Waals surface area contributed by atoms with E-state index in [1.54, 1.807) is 0 Å². The van der Waals surface area contributed by atoms with E-state index in [0.717, 1.165) is 54.5 Å². The molecule has 0 saturated heterocycles. The molecule has 0 spiro atoms. The molecule has 0 radical (unpaired) electrons. The molecule has 0 aliphatic carbocycles. The van der Waals surface area contributed by atoms with Crippen LogP contribution in [0, 0.1) is 0 Å². The summed E-state index contributed by atoms with van der Waals surface area (Å²) in [5.41, 5.74) is 1.82. The summed E-state index contributed by atoms with van der Waals surface area (Å²) in [5.74, 6) is 1.01. The van der Waals surface area contributed by atoms with E-state index in [0.29, 0.717) is 6.42 Å². The van der Waals surface area contributed by atoms with Crippen molar-refractivity contribution >= 4 is 15.9 Å². The van der Waals surface area contributed by atoms with Crippen LogP contribution in [0.1, 0.15) is 50.7 Å². The van der Waals surface area contributed by atoms with Crippen molar-refractivity contribution < 1.29 is 9.84 Å². The van der Waals surface area contributed by atoms with Gasteiger partial charge in [-0.3, -0.25) is 0 Å². The van der Waals surface area contributed by atoms with Gasteiger partial charge in [-0.25, -0.2) is 0 Å². The molecule has 1 N–H and O–H groups in total. The van der Waals surface area contributed by atoms with E-state index in [-0.39, 0.29) is 0 Å². The summed E-state index contributed by atoms with van der Waals surface area (Å²) in [6.45, 7) is 5.02. The Kier molecular flexibility index (Phi) is 4.91. The van der Waals surface area contributed by atoms with Gasteiger partial charge in [0.2, 0.25) is 0 Å². The molecule has 0 bridgehead atoms. The number of fused-ring (bicyclic) bond motifs is 1. The fraction of sp³-hybridized carbons (Fsp3) is 0.625. The maximum absolute atomic E-state index is 10.8. The first kappa shape index (κ1) is 14.9. The minimum atomic E-state index is -0.593. The van der Waals surface area contributed by atoms with Crippen molar-refractivity contribution in [2.45, 2.75) is 58.0 Å². The second-order valence-corrected chi connectivity index (χ2v) is 6.47. The van der Waals surface area contributed by atoms with Gasteiger partial charge in [0.15, 0.2) is 0 Å². The summed E-state index contributed by atoms with van der Waals surface area (Å²) in [6, 6.07) is 4.23. The maximum atomic E-state index is 10.8. The van der Waals surface area contributed by atoms with Crippen LogP contribution in [0.15, 0.2) is 16.6 Å². The second kappa shape index (κ2) is 6.27. The topological polar surface area (TPSA) is 29.5 Å². The average Bonchev–Trinajstić information content (AvgIpc) is 2.77. The lowest BCUT2D eigenvalue weighted by Gasteiger charge is -2.28. The lowest BCUT2D eigenvalue weighted by atomic mass is 9.85. The van der Waals surface area contributed by atoms with Gasteiger partial charge in [0, 0.05) is 17.3 Å². The SMILES string of the molecule is CCCC(O)(CCC)Cc1cc(Br)cc2c1OCC2. The van der Waals surface area contributed by atoms with Gasteiger partial charge in [0.1, 0.15) is 5.75 Å². The average molecular weight is 327 g/mol. The molecular weight excluding hydrogens is 304 g/mol. The molecule has 1 aliphatic heterocycles. The van der Waals surface area contributed by atoms with Crippen LogP contribution in [0.2, 0.25) is 0 Å². The largest absolute Gasteiger partial charge is 0.493 e. The van der Waals surface area contributed by atoms with Crippen LogP contribution in [-0.4, -0.2) is 17.3 Å². The molecule has 1 aromatic carbocycles. The van der Waals surface area contributed by atoms with Crippen LogP contribution in [-0.2, 0) is 12.8 Å². The van der Waals surface area contributed by atoms with Crippen molar-refractivity contribution in [1.82, 2.24) is 0 Å². The van der Waals surface area contributed by atoms with Crippen LogP contribution in [0.3, 0.4) is 0 Å². The molecule has 0 aromatic heterocycles. The summed E-state index contributed by atoms with van der Waals surface area (Å²) >= 11 is 3.56. The van der Waals surface area contributed by atoms with E-state index in [2.05, 4.69) is 41.9 Å². The van der Waals surface area contributed by atoms with Gasteiger partial charge < -0.3 is 9.84 Å². The van der Waals surface area contributed by atoms with Crippen molar-refractivity contribution in [2.24, 2.45) is 0 Å². The quantitative estimate of drug-likeness (QED) is 0.846. The molecule has 0 atom stereocenters. The van der Waals surface area contributed by atoms with Crippen molar-refractivity contribution in [3.63, 3.8) is 0 Å². The van der Waals surface area contributed by atoms with Gasteiger partial charge in [0.25, 0.3) is 0 Å². The standard InChI is InChI=1S/C16H23BrO2/c1-3-6-16(18,7-4-2)11-13-10-14(17)9-12-5-8-19-15(12)13/h9-10,18H,3-8,11H2,1-2H3. The summed E-state index contributed by atoms with van der Waals surface area (Å²) in [7, 11) is 0. The molecule has 0 saturated carbocycles. The van der Waals surface area contributed by atoms with Gasteiger partial charge in [0.05, 0.1) is 12.2 Å². The van der Waals surface area contributed by atoms with Crippen LogP contribution in [0.25, 0.3) is 0 Å². The summed E-state index contributed by atoms with van der Waals surface area (Å²) in [6.07, 6.45) is 5.38. The molecular formula is C16H23BrO2. The number of halogens is 1. The number of ether oxygens (including phenoxy) is 1. The lowest BCUT2D eigenvalue weighted by Crippen LogP contribution is -2.31. The number of hydrogen-bond donors (Lipinski definition) is 1. The highest BCUT2D eigenvalue weighted by molar-refractivity contribution is 9.10. The predicted molar refractivity (Wildman–Crippen MR) is 81.8 cm³/mol. The lowest BCUT2D eigenvalue weighted by molar-refractivity contribution is 0.0211. The molecule has 0 amide bonds. The summed E-state index contributed by atoms with van der Waals surface area (Å²) in [5, 5.41) is 10.8. The highest BCUT2D eigenvalue weighted by atomic mass is 79.9. The number of rotatable bonds is 6.